The number of rotatable bonds is 7. The molecular weight excluding hydrogens is 368 g/mol. The third kappa shape index (κ3) is 5.62. The second-order valence-electron chi connectivity index (χ2n) is 7.09. The molecule has 3 rings (SSSR count). The van der Waals surface area contributed by atoms with Crippen molar-refractivity contribution in [2.24, 2.45) is 0 Å². The molecule has 0 saturated carbocycles. The molecule has 0 spiro atoms. The first-order valence-corrected chi connectivity index (χ1v) is 10.0. The van der Waals surface area contributed by atoms with E-state index in [1.807, 2.05) is 32.0 Å². The monoisotopic (exact) mass is 396 g/mol. The Balaban J connectivity index is 1.61. The highest BCUT2D eigenvalue weighted by molar-refractivity contribution is 6.06. The van der Waals surface area contributed by atoms with E-state index < -0.39 is 0 Å². The molecule has 154 valence electrons. The number of amides is 2. The third-order valence-electron chi connectivity index (χ3n) is 5.06. The van der Waals surface area contributed by atoms with Crippen LogP contribution in [-0.4, -0.2) is 61.1 Å². The number of hydrogen-bond acceptors (Lipinski definition) is 5. The fraction of sp³-hybridized carbons (Fsp3) is 0.409. The van der Waals surface area contributed by atoms with Crippen LogP contribution in [-0.2, 0) is 11.2 Å². The van der Waals surface area contributed by atoms with E-state index in [2.05, 4.69) is 20.5 Å². The number of para-hydroxylation sites is 1. The maximum Gasteiger partial charge on any atom is 0.257 e. The van der Waals surface area contributed by atoms with Crippen LogP contribution in [0.3, 0.4) is 0 Å². The summed E-state index contributed by atoms with van der Waals surface area (Å²) in [5.41, 5.74) is 3.63. The average molecular weight is 396 g/mol. The smallest absolute Gasteiger partial charge is 0.257 e. The number of nitrogens with zero attached hydrogens (tertiary/aromatic N) is 2. The summed E-state index contributed by atoms with van der Waals surface area (Å²) >= 11 is 0. The first kappa shape index (κ1) is 21.0. The minimum Gasteiger partial charge on any atom is -0.379 e. The van der Waals surface area contributed by atoms with Gasteiger partial charge < -0.3 is 15.4 Å². The van der Waals surface area contributed by atoms with Gasteiger partial charge in [-0.1, -0.05) is 25.1 Å². The van der Waals surface area contributed by atoms with Crippen LogP contribution in [0.15, 0.2) is 36.7 Å². The van der Waals surface area contributed by atoms with E-state index in [0.29, 0.717) is 17.7 Å². The van der Waals surface area contributed by atoms with Crippen molar-refractivity contribution in [1.82, 2.24) is 15.2 Å². The molecule has 1 aromatic carbocycles. The molecule has 1 fully saturated rings. The molecule has 1 saturated heterocycles. The van der Waals surface area contributed by atoms with Gasteiger partial charge in [0.25, 0.3) is 11.8 Å². The van der Waals surface area contributed by atoms with E-state index in [-0.39, 0.29) is 11.8 Å². The van der Waals surface area contributed by atoms with E-state index in [9.17, 15) is 9.59 Å². The predicted molar refractivity (Wildman–Crippen MR) is 112 cm³/mol. The lowest BCUT2D eigenvalue weighted by atomic mass is 10.1. The Morgan fingerprint density at radius 3 is 2.59 bits per heavy atom. The number of carbonyl (C=O) groups is 2. The van der Waals surface area contributed by atoms with Crippen molar-refractivity contribution < 1.29 is 14.3 Å². The Morgan fingerprint density at radius 2 is 1.86 bits per heavy atom. The number of nitrogens with one attached hydrogen (secondary N) is 2. The van der Waals surface area contributed by atoms with Crippen molar-refractivity contribution >= 4 is 17.5 Å². The zero-order chi connectivity index (χ0) is 20.6. The predicted octanol–water partition coefficient (Wildman–Crippen LogP) is 2.27. The topological polar surface area (TPSA) is 83.6 Å². The van der Waals surface area contributed by atoms with Crippen molar-refractivity contribution in [3.05, 3.63) is 58.9 Å². The number of anilines is 1. The van der Waals surface area contributed by atoms with E-state index >= 15 is 0 Å². The summed E-state index contributed by atoms with van der Waals surface area (Å²) in [6.45, 7) is 8.55. The Bertz CT molecular complexity index is 863. The van der Waals surface area contributed by atoms with E-state index in [1.165, 1.54) is 12.4 Å². The number of aryl methyl sites for hydroxylation is 2. The molecular formula is C22H28N4O3. The Hall–Kier alpha value is -2.77. The first-order chi connectivity index (χ1) is 14.1. The number of carbonyl (C=O) groups excluding carboxylic acids is 2. The summed E-state index contributed by atoms with van der Waals surface area (Å²) in [5.74, 6) is -0.505. The van der Waals surface area contributed by atoms with Crippen molar-refractivity contribution in [1.29, 1.82) is 0 Å². The maximum absolute atomic E-state index is 12.7. The van der Waals surface area contributed by atoms with E-state index in [0.717, 1.165) is 56.1 Å². The van der Waals surface area contributed by atoms with Gasteiger partial charge in [0.15, 0.2) is 0 Å². The summed E-state index contributed by atoms with van der Waals surface area (Å²) in [6.07, 6.45) is 3.77. The van der Waals surface area contributed by atoms with Crippen molar-refractivity contribution in [2.75, 3.05) is 44.7 Å². The van der Waals surface area contributed by atoms with Crippen LogP contribution in [0.2, 0.25) is 0 Å². The van der Waals surface area contributed by atoms with Crippen LogP contribution in [0.25, 0.3) is 0 Å². The first-order valence-electron chi connectivity index (χ1n) is 10.0. The molecule has 2 N–H and O–H groups in total. The molecule has 0 unspecified atom stereocenters. The highest BCUT2D eigenvalue weighted by atomic mass is 16.5. The molecule has 1 aliphatic rings. The lowest BCUT2D eigenvalue weighted by Gasteiger charge is -2.26. The van der Waals surface area contributed by atoms with Gasteiger partial charge >= 0.3 is 0 Å². The molecule has 0 aliphatic carbocycles. The number of benzene rings is 1. The summed E-state index contributed by atoms with van der Waals surface area (Å²) in [7, 11) is 0. The lowest BCUT2D eigenvalue weighted by Crippen LogP contribution is -2.41. The van der Waals surface area contributed by atoms with Gasteiger partial charge in [-0.15, -0.1) is 0 Å². The van der Waals surface area contributed by atoms with Gasteiger partial charge in [0.1, 0.15) is 0 Å². The second kappa shape index (κ2) is 10.1. The van der Waals surface area contributed by atoms with Gasteiger partial charge in [-0.05, 0) is 30.5 Å². The highest BCUT2D eigenvalue weighted by Crippen LogP contribution is 2.22. The lowest BCUT2D eigenvalue weighted by molar-refractivity contribution is 0.0383. The number of pyridine rings is 1. The van der Waals surface area contributed by atoms with Gasteiger partial charge in [-0.2, -0.15) is 0 Å². The Kier molecular flexibility index (Phi) is 7.32. The molecule has 7 nitrogen and oxygen atoms in total. The quantitative estimate of drug-likeness (QED) is 0.750. The van der Waals surface area contributed by atoms with E-state index in [1.54, 1.807) is 6.07 Å². The number of ether oxygens (including phenoxy) is 1. The number of morpholine rings is 1. The van der Waals surface area contributed by atoms with Crippen LogP contribution in [0, 0.1) is 6.92 Å². The van der Waals surface area contributed by atoms with Gasteiger partial charge in [0.2, 0.25) is 0 Å². The molecule has 0 radical (unpaired) electrons. The van der Waals surface area contributed by atoms with Gasteiger partial charge in [0, 0.05) is 44.3 Å². The van der Waals surface area contributed by atoms with Gasteiger partial charge in [-0.3, -0.25) is 19.5 Å². The highest BCUT2D eigenvalue weighted by Gasteiger charge is 2.15. The van der Waals surface area contributed by atoms with Gasteiger partial charge in [0.05, 0.1) is 24.3 Å². The zero-order valence-corrected chi connectivity index (χ0v) is 17.0. The van der Waals surface area contributed by atoms with Crippen LogP contribution in [0.1, 0.15) is 38.8 Å². The van der Waals surface area contributed by atoms with Crippen molar-refractivity contribution in [3.8, 4) is 0 Å². The fourth-order valence-electron chi connectivity index (χ4n) is 3.33. The minimum absolute atomic E-state index is 0.231. The average Bonchev–Trinajstić information content (AvgIpc) is 2.75. The zero-order valence-electron chi connectivity index (χ0n) is 17.0. The van der Waals surface area contributed by atoms with Crippen LogP contribution >= 0.6 is 0 Å². The van der Waals surface area contributed by atoms with E-state index in [4.69, 9.17) is 4.74 Å². The summed E-state index contributed by atoms with van der Waals surface area (Å²) in [6, 6.07) is 7.52. The summed E-state index contributed by atoms with van der Waals surface area (Å²) in [4.78, 5) is 31.5. The Labute approximate surface area is 171 Å². The van der Waals surface area contributed by atoms with Crippen molar-refractivity contribution in [3.63, 3.8) is 0 Å². The maximum atomic E-state index is 12.7. The molecule has 7 heteroatoms. The number of aromatic nitrogens is 1. The SMILES string of the molecule is CCc1cccc(C)c1NC(=O)c1cncc(C(=O)NCCN2CCOCC2)c1. The largest absolute Gasteiger partial charge is 0.379 e. The molecule has 1 aliphatic heterocycles. The fourth-order valence-corrected chi connectivity index (χ4v) is 3.33. The van der Waals surface area contributed by atoms with Crippen LogP contribution in [0.4, 0.5) is 5.69 Å². The Morgan fingerprint density at radius 1 is 1.14 bits per heavy atom. The van der Waals surface area contributed by atoms with Crippen molar-refractivity contribution in [2.45, 2.75) is 20.3 Å². The minimum atomic E-state index is -0.274. The summed E-state index contributed by atoms with van der Waals surface area (Å²) < 4.78 is 5.32. The third-order valence-corrected chi connectivity index (χ3v) is 5.06. The van der Waals surface area contributed by atoms with Crippen LogP contribution in [0.5, 0.6) is 0 Å². The molecule has 0 bridgehead atoms. The molecule has 0 atom stereocenters. The standard InChI is InChI=1S/C22H28N4O3/c1-3-17-6-4-5-16(2)20(17)25-22(28)19-13-18(14-23-15-19)21(27)24-7-8-26-9-11-29-12-10-26/h4-6,13-15H,3,7-12H2,1-2H3,(H,24,27)(H,25,28). The van der Waals surface area contributed by atoms with Crippen LogP contribution < -0.4 is 10.6 Å². The summed E-state index contributed by atoms with van der Waals surface area (Å²) in [5, 5.41) is 5.87. The normalized spacial score (nSPS) is 14.4. The molecule has 29 heavy (non-hydrogen) atoms. The molecule has 2 aromatic rings. The van der Waals surface area contributed by atoms with Gasteiger partial charge in [-0.25, -0.2) is 0 Å². The molecule has 2 heterocycles. The number of hydrogen-bond donors (Lipinski definition) is 2. The molecule has 2 amide bonds. The molecule has 1 aromatic heterocycles. The second-order valence-corrected chi connectivity index (χ2v) is 7.09.